The van der Waals surface area contributed by atoms with E-state index in [4.69, 9.17) is 20.7 Å². The fraction of sp³-hybridized carbons (Fsp3) is 0.455. The number of hydrogen-bond donors (Lipinski definition) is 5. The molecule has 0 aliphatic carbocycles. The fourth-order valence-electron chi connectivity index (χ4n) is 2.49. The van der Waals surface area contributed by atoms with Gasteiger partial charge in [0.2, 0.25) is 5.95 Å². The molecule has 1 aliphatic heterocycles. The van der Waals surface area contributed by atoms with Crippen molar-refractivity contribution in [1.29, 1.82) is 0 Å². The van der Waals surface area contributed by atoms with Crippen molar-refractivity contribution < 1.29 is 24.3 Å². The molecule has 11 heteroatoms. The molecule has 22 heavy (non-hydrogen) atoms. The minimum atomic E-state index is -1.86. The highest BCUT2D eigenvalue weighted by molar-refractivity contribution is 7.82. The first kappa shape index (κ1) is 15.3. The number of aliphatic hydroxyl groups excluding tert-OH is 3. The van der Waals surface area contributed by atoms with Crippen LogP contribution in [0.4, 0.5) is 5.95 Å². The highest BCUT2D eigenvalue weighted by atomic mass is 32.2. The molecular formula is C11H15N5O5S. The molecule has 10 nitrogen and oxygen atoms in total. The van der Waals surface area contributed by atoms with Gasteiger partial charge in [0, 0.05) is 6.20 Å². The van der Waals surface area contributed by atoms with E-state index in [1.165, 1.54) is 10.8 Å². The average molecular weight is 329 g/mol. The van der Waals surface area contributed by atoms with Gasteiger partial charge in [0.1, 0.15) is 34.9 Å². The van der Waals surface area contributed by atoms with Crippen LogP contribution in [0.5, 0.6) is 0 Å². The summed E-state index contributed by atoms with van der Waals surface area (Å²) in [7, 11) is -1.86. The smallest absolute Gasteiger partial charge is 0.223 e. The molecule has 7 N–H and O–H groups in total. The lowest BCUT2D eigenvalue weighted by molar-refractivity contribution is -0.0508. The molecule has 1 saturated heterocycles. The number of hydrogen-bond acceptors (Lipinski definition) is 8. The molecule has 1 fully saturated rings. The Labute approximate surface area is 126 Å². The van der Waals surface area contributed by atoms with Crippen LogP contribution in [0.1, 0.15) is 6.23 Å². The number of nitrogens with zero attached hydrogens (tertiary/aromatic N) is 3. The summed E-state index contributed by atoms with van der Waals surface area (Å²) >= 11 is 0. The molecule has 0 amide bonds. The first-order valence-electron chi connectivity index (χ1n) is 6.36. The Bertz CT molecular complexity index is 737. The quantitative estimate of drug-likeness (QED) is 0.388. The van der Waals surface area contributed by atoms with Crippen LogP contribution < -0.4 is 10.9 Å². The van der Waals surface area contributed by atoms with E-state index in [9.17, 15) is 14.4 Å². The van der Waals surface area contributed by atoms with Gasteiger partial charge >= 0.3 is 0 Å². The lowest BCUT2D eigenvalue weighted by Crippen LogP contribution is -2.33. The number of nitrogen functional groups attached to an aromatic ring is 1. The summed E-state index contributed by atoms with van der Waals surface area (Å²) in [5.74, 6) is -0.131. The van der Waals surface area contributed by atoms with Crippen LogP contribution >= 0.6 is 0 Å². The fourth-order valence-corrected chi connectivity index (χ4v) is 3.05. The number of anilines is 1. The lowest BCUT2D eigenvalue weighted by Gasteiger charge is -2.17. The van der Waals surface area contributed by atoms with Crippen molar-refractivity contribution in [3.8, 4) is 0 Å². The van der Waals surface area contributed by atoms with Crippen LogP contribution in [0, 0.1) is 0 Å². The van der Waals surface area contributed by atoms with E-state index in [-0.39, 0.29) is 16.6 Å². The second kappa shape index (κ2) is 5.53. The maximum Gasteiger partial charge on any atom is 0.223 e. The number of fused-ring (bicyclic) bond motifs is 1. The van der Waals surface area contributed by atoms with Crippen LogP contribution in [-0.4, -0.2) is 59.0 Å². The van der Waals surface area contributed by atoms with Crippen molar-refractivity contribution in [2.75, 3.05) is 12.3 Å². The third kappa shape index (κ3) is 2.27. The van der Waals surface area contributed by atoms with Crippen molar-refractivity contribution >= 4 is 28.0 Å². The van der Waals surface area contributed by atoms with Gasteiger partial charge in [-0.1, -0.05) is 0 Å². The third-order valence-electron chi connectivity index (χ3n) is 3.54. The van der Waals surface area contributed by atoms with Gasteiger partial charge in [0.05, 0.1) is 12.0 Å². The molecule has 0 saturated carbocycles. The molecule has 3 rings (SSSR count). The molecule has 0 aromatic carbocycles. The first-order valence-corrected chi connectivity index (χ1v) is 7.58. The van der Waals surface area contributed by atoms with Gasteiger partial charge < -0.3 is 30.4 Å². The maximum absolute atomic E-state index is 11.5. The average Bonchev–Trinajstić information content (AvgIpc) is 3.00. The van der Waals surface area contributed by atoms with Gasteiger partial charge in [-0.3, -0.25) is 0 Å². The largest absolute Gasteiger partial charge is 0.394 e. The summed E-state index contributed by atoms with van der Waals surface area (Å²) in [6.07, 6.45) is -2.88. The van der Waals surface area contributed by atoms with Gasteiger partial charge in [-0.25, -0.2) is 14.3 Å². The zero-order chi connectivity index (χ0) is 16.0. The van der Waals surface area contributed by atoms with Crippen LogP contribution in [0.3, 0.4) is 0 Å². The van der Waals surface area contributed by atoms with E-state index in [1.54, 1.807) is 6.07 Å². The van der Waals surface area contributed by atoms with Gasteiger partial charge in [-0.2, -0.15) is 4.98 Å². The standard InChI is InChI=1S/C11H15N5O5S/c12-11-14-8-4(9(15-11)22(13)20)1-2-16(8)10-7(19)6(18)5(3-17)21-10/h1-2,5-7,10,17-19H,3,13H2,(H2,12,14,15)/t5-,6-,7-,10-,22?/m1/s1. The molecular weight excluding hydrogens is 314 g/mol. The van der Waals surface area contributed by atoms with Gasteiger partial charge in [-0.15, -0.1) is 0 Å². The molecule has 2 aromatic rings. The molecule has 1 aliphatic rings. The number of ether oxygens (including phenoxy) is 1. The molecule has 0 spiro atoms. The molecule has 2 aromatic heterocycles. The maximum atomic E-state index is 11.5. The Morgan fingerprint density at radius 2 is 2.09 bits per heavy atom. The van der Waals surface area contributed by atoms with Gasteiger partial charge in [0.15, 0.2) is 11.3 Å². The first-order chi connectivity index (χ1) is 10.4. The molecule has 1 unspecified atom stereocenters. The summed E-state index contributed by atoms with van der Waals surface area (Å²) in [5.41, 5.74) is 5.85. The van der Waals surface area contributed by atoms with Crippen LogP contribution in [-0.2, 0) is 15.7 Å². The summed E-state index contributed by atoms with van der Waals surface area (Å²) in [4.78, 5) is 7.88. The van der Waals surface area contributed by atoms with E-state index < -0.39 is 42.1 Å². The predicted octanol–water partition coefficient (Wildman–Crippen LogP) is -2.39. The number of nitrogens with two attached hydrogens (primary N) is 2. The minimum absolute atomic E-state index is 0.0630. The van der Waals surface area contributed by atoms with E-state index in [0.29, 0.717) is 5.39 Å². The zero-order valence-corrected chi connectivity index (χ0v) is 12.1. The number of rotatable bonds is 3. The topological polar surface area (TPSA) is 170 Å². The normalized spacial score (nSPS) is 30.0. The molecule has 120 valence electrons. The Kier molecular flexibility index (Phi) is 3.84. The van der Waals surface area contributed by atoms with Gasteiger partial charge in [0.25, 0.3) is 0 Å². The second-order valence-electron chi connectivity index (χ2n) is 4.87. The van der Waals surface area contributed by atoms with Crippen molar-refractivity contribution in [1.82, 2.24) is 14.5 Å². The van der Waals surface area contributed by atoms with Crippen molar-refractivity contribution in [2.24, 2.45) is 5.14 Å². The Morgan fingerprint density at radius 3 is 2.68 bits per heavy atom. The van der Waals surface area contributed by atoms with E-state index >= 15 is 0 Å². The summed E-state index contributed by atoms with van der Waals surface area (Å²) in [5, 5.41) is 34.9. The zero-order valence-electron chi connectivity index (χ0n) is 11.2. The predicted molar refractivity (Wildman–Crippen MR) is 75.5 cm³/mol. The van der Waals surface area contributed by atoms with E-state index in [2.05, 4.69) is 9.97 Å². The van der Waals surface area contributed by atoms with E-state index in [1.807, 2.05) is 0 Å². The summed E-state index contributed by atoms with van der Waals surface area (Å²) in [6.45, 7) is -0.441. The second-order valence-corrected chi connectivity index (χ2v) is 5.86. The van der Waals surface area contributed by atoms with Crippen molar-refractivity contribution in [3.05, 3.63) is 12.3 Å². The Morgan fingerprint density at radius 1 is 1.36 bits per heavy atom. The van der Waals surface area contributed by atoms with Crippen LogP contribution in [0.2, 0.25) is 0 Å². The van der Waals surface area contributed by atoms with Crippen molar-refractivity contribution in [2.45, 2.75) is 29.6 Å². The monoisotopic (exact) mass is 329 g/mol. The Balaban J connectivity index is 2.11. The minimum Gasteiger partial charge on any atom is -0.394 e. The third-order valence-corrected chi connectivity index (χ3v) is 4.23. The highest BCUT2D eigenvalue weighted by Crippen LogP contribution is 2.32. The van der Waals surface area contributed by atoms with E-state index in [0.717, 1.165) is 0 Å². The Hall–Kier alpha value is -1.63. The van der Waals surface area contributed by atoms with Crippen molar-refractivity contribution in [3.63, 3.8) is 0 Å². The number of aromatic nitrogens is 3. The molecule has 5 atom stereocenters. The SMILES string of the molecule is Nc1nc(S(N)=O)c2ccn([C@@H]3O[C@H](CO)[C@@H](O)[C@H]3O)c2n1. The molecule has 0 bridgehead atoms. The van der Waals surface area contributed by atoms with Crippen LogP contribution in [0.25, 0.3) is 11.0 Å². The summed E-state index contributed by atoms with van der Waals surface area (Å²) < 4.78 is 18.4. The highest BCUT2D eigenvalue weighted by Gasteiger charge is 2.43. The number of aliphatic hydroxyl groups is 3. The van der Waals surface area contributed by atoms with Gasteiger partial charge in [-0.05, 0) is 6.07 Å². The molecule has 0 radical (unpaired) electrons. The van der Waals surface area contributed by atoms with Crippen LogP contribution in [0.15, 0.2) is 17.3 Å². The lowest BCUT2D eigenvalue weighted by atomic mass is 10.1. The summed E-state index contributed by atoms with van der Waals surface area (Å²) in [6, 6.07) is 1.56. The molecule has 3 heterocycles.